The fourth-order valence-electron chi connectivity index (χ4n) is 1.84. The Bertz CT molecular complexity index is 422. The van der Waals surface area contributed by atoms with E-state index >= 15 is 0 Å². The second kappa shape index (κ2) is 5.92. The van der Waals surface area contributed by atoms with Crippen molar-refractivity contribution in [2.75, 3.05) is 6.54 Å². The largest absolute Gasteiger partial charge is 0.373 e. The zero-order valence-electron chi connectivity index (χ0n) is 9.77. The molecule has 1 saturated heterocycles. The first kappa shape index (κ1) is 13.1. The fraction of sp³-hybridized carbons (Fsp3) is 0.417. The van der Waals surface area contributed by atoms with Crippen LogP contribution < -0.4 is 5.32 Å². The summed E-state index contributed by atoms with van der Waals surface area (Å²) in [7, 11) is 0. The van der Waals surface area contributed by atoms with Gasteiger partial charge in [-0.25, -0.2) is 0 Å². The molecule has 17 heavy (non-hydrogen) atoms. The molecule has 1 aliphatic heterocycles. The Morgan fingerprint density at radius 2 is 2.06 bits per heavy atom. The maximum atomic E-state index is 11.3. The Hall–Kier alpha value is -2.00. The lowest BCUT2D eigenvalue weighted by molar-refractivity contribution is -0.191. The van der Waals surface area contributed by atoms with Crippen molar-refractivity contribution in [2.45, 2.75) is 19.8 Å². The third-order valence-electron chi connectivity index (χ3n) is 2.88. The Kier molecular flexibility index (Phi) is 4.55. The van der Waals surface area contributed by atoms with E-state index in [1.165, 1.54) is 0 Å². The van der Waals surface area contributed by atoms with Gasteiger partial charge in [0, 0.05) is 30.3 Å². The van der Waals surface area contributed by atoms with Crippen molar-refractivity contribution in [1.82, 2.24) is 10.3 Å². The molecule has 0 radical (unpaired) electrons. The average Bonchev–Trinajstić information content (AvgIpc) is 2.63. The van der Waals surface area contributed by atoms with E-state index in [1.54, 1.807) is 0 Å². The van der Waals surface area contributed by atoms with Crippen molar-refractivity contribution in [3.8, 4) is 0 Å². The predicted molar refractivity (Wildman–Crippen MR) is 58.9 cm³/mol. The third kappa shape index (κ3) is 3.23. The molecule has 1 aliphatic rings. The van der Waals surface area contributed by atoms with Crippen molar-refractivity contribution in [3.63, 3.8) is 0 Å². The Labute approximate surface area is 99.2 Å². The number of nitrogens with one attached hydrogen (secondary N) is 1. The summed E-state index contributed by atoms with van der Waals surface area (Å²) in [5, 5.41) is 2.87. The highest BCUT2D eigenvalue weighted by molar-refractivity contribution is 5.81. The number of nitrogens with zero attached hydrogens (tertiary/aromatic N) is 1. The van der Waals surface area contributed by atoms with Crippen LogP contribution in [-0.4, -0.2) is 23.6 Å². The molecule has 2 atom stereocenters. The van der Waals surface area contributed by atoms with E-state index in [0.717, 1.165) is 17.8 Å². The van der Waals surface area contributed by atoms with Gasteiger partial charge in [0.05, 0.1) is 0 Å². The van der Waals surface area contributed by atoms with Crippen molar-refractivity contribution < 1.29 is 14.4 Å². The Morgan fingerprint density at radius 1 is 1.41 bits per heavy atom. The number of carbonyl (C=O) groups is 1. The molecule has 0 aromatic carbocycles. The molecule has 0 saturated carbocycles. The number of rotatable bonds is 1. The van der Waals surface area contributed by atoms with Gasteiger partial charge in [-0.1, -0.05) is 13.0 Å². The van der Waals surface area contributed by atoms with Crippen LogP contribution >= 0.6 is 0 Å². The lowest BCUT2D eigenvalue weighted by Gasteiger charge is -2.12. The summed E-state index contributed by atoms with van der Waals surface area (Å²) < 4.78 is 0. The maximum absolute atomic E-state index is 11.3. The topological polar surface area (TPSA) is 76.1 Å². The van der Waals surface area contributed by atoms with E-state index < -0.39 is 0 Å². The van der Waals surface area contributed by atoms with Crippen LogP contribution in [0, 0.1) is 12.8 Å². The van der Waals surface area contributed by atoms with Crippen LogP contribution in [0.1, 0.15) is 24.1 Å². The van der Waals surface area contributed by atoms with Crippen LogP contribution in [-0.2, 0) is 14.4 Å². The minimum absolute atomic E-state index is 0.0690. The molecule has 0 aliphatic carbocycles. The van der Waals surface area contributed by atoms with Gasteiger partial charge in [-0.05, 0) is 18.6 Å². The first-order valence-corrected chi connectivity index (χ1v) is 5.29. The molecule has 90 valence electrons. The lowest BCUT2D eigenvalue weighted by atomic mass is 9.91. The molecular formula is C12H14N2O3. The molecule has 1 fully saturated rings. The molecule has 1 amide bonds. The maximum Gasteiger partial charge on any atom is 0.373 e. The number of aromatic nitrogens is 1. The van der Waals surface area contributed by atoms with Crippen LogP contribution in [0.5, 0.6) is 0 Å². The summed E-state index contributed by atoms with van der Waals surface area (Å²) in [5.41, 5.74) is 2.17. The molecule has 0 bridgehead atoms. The summed E-state index contributed by atoms with van der Waals surface area (Å²) in [6.45, 7) is 4.67. The normalized spacial score (nSPS) is 22.1. The van der Waals surface area contributed by atoms with E-state index in [4.69, 9.17) is 9.59 Å². The SMILES string of the molecule is Cc1ccc([C@@H]2CNC(=O)[C@H]2C)cn1.O=C=O. The fourth-order valence-corrected chi connectivity index (χ4v) is 1.84. The third-order valence-corrected chi connectivity index (χ3v) is 2.88. The van der Waals surface area contributed by atoms with Crippen molar-refractivity contribution in [2.24, 2.45) is 5.92 Å². The second-order valence-electron chi connectivity index (χ2n) is 3.96. The second-order valence-corrected chi connectivity index (χ2v) is 3.96. The highest BCUT2D eigenvalue weighted by Crippen LogP contribution is 2.27. The molecule has 1 aromatic rings. The summed E-state index contributed by atoms with van der Waals surface area (Å²) in [5.74, 6) is 0.505. The molecule has 2 heterocycles. The molecule has 2 rings (SSSR count). The van der Waals surface area contributed by atoms with Crippen molar-refractivity contribution >= 4 is 12.1 Å². The lowest BCUT2D eigenvalue weighted by Crippen LogP contribution is -2.16. The highest BCUT2D eigenvalue weighted by Gasteiger charge is 2.31. The first-order valence-electron chi connectivity index (χ1n) is 5.29. The van der Waals surface area contributed by atoms with E-state index in [1.807, 2.05) is 26.1 Å². The monoisotopic (exact) mass is 234 g/mol. The summed E-state index contributed by atoms with van der Waals surface area (Å²) >= 11 is 0. The number of amides is 1. The van der Waals surface area contributed by atoms with Crippen molar-refractivity contribution in [3.05, 3.63) is 29.6 Å². The van der Waals surface area contributed by atoms with Crippen LogP contribution in [0.4, 0.5) is 0 Å². The first-order chi connectivity index (χ1) is 8.10. The minimum atomic E-state index is 0.0690. The number of hydrogen-bond donors (Lipinski definition) is 1. The van der Waals surface area contributed by atoms with Crippen LogP contribution in [0.3, 0.4) is 0 Å². The van der Waals surface area contributed by atoms with Crippen LogP contribution in [0.25, 0.3) is 0 Å². The molecular weight excluding hydrogens is 220 g/mol. The van der Waals surface area contributed by atoms with Gasteiger partial charge < -0.3 is 5.32 Å². The van der Waals surface area contributed by atoms with Gasteiger partial charge in [-0.3, -0.25) is 9.78 Å². The van der Waals surface area contributed by atoms with Crippen LogP contribution in [0.2, 0.25) is 0 Å². The summed E-state index contributed by atoms with van der Waals surface area (Å²) in [6.07, 6.45) is 2.12. The average molecular weight is 234 g/mol. The molecule has 1 N–H and O–H groups in total. The highest BCUT2D eigenvalue weighted by atomic mass is 16.2. The van der Waals surface area contributed by atoms with Gasteiger partial charge in [0.2, 0.25) is 5.91 Å². The molecule has 0 unspecified atom stereocenters. The molecule has 1 aromatic heterocycles. The van der Waals surface area contributed by atoms with Gasteiger partial charge >= 0.3 is 6.15 Å². The predicted octanol–water partition coefficient (Wildman–Crippen LogP) is 0.656. The van der Waals surface area contributed by atoms with Gasteiger partial charge in [-0.15, -0.1) is 0 Å². The summed E-state index contributed by atoms with van der Waals surface area (Å²) in [6, 6.07) is 4.05. The van der Waals surface area contributed by atoms with E-state index in [-0.39, 0.29) is 23.9 Å². The van der Waals surface area contributed by atoms with E-state index in [0.29, 0.717) is 0 Å². The zero-order valence-corrected chi connectivity index (χ0v) is 9.77. The van der Waals surface area contributed by atoms with Gasteiger partial charge in [0.1, 0.15) is 0 Å². The summed E-state index contributed by atoms with van der Waals surface area (Å²) in [4.78, 5) is 31.8. The Morgan fingerprint density at radius 3 is 2.47 bits per heavy atom. The van der Waals surface area contributed by atoms with Gasteiger partial charge in [0.15, 0.2) is 0 Å². The van der Waals surface area contributed by atoms with Gasteiger partial charge in [0.25, 0.3) is 0 Å². The van der Waals surface area contributed by atoms with Crippen LogP contribution in [0.15, 0.2) is 18.3 Å². The van der Waals surface area contributed by atoms with E-state index in [2.05, 4.69) is 16.4 Å². The zero-order chi connectivity index (χ0) is 12.8. The Balaban J connectivity index is 0.000000437. The number of pyridine rings is 1. The number of aryl methyl sites for hydroxylation is 1. The van der Waals surface area contributed by atoms with E-state index in [9.17, 15) is 4.79 Å². The smallest absolute Gasteiger partial charge is 0.355 e. The minimum Gasteiger partial charge on any atom is -0.355 e. The molecule has 0 spiro atoms. The molecule has 5 heteroatoms. The number of carbonyl (C=O) groups excluding carboxylic acids is 3. The molecule has 5 nitrogen and oxygen atoms in total. The van der Waals surface area contributed by atoms with Gasteiger partial charge in [-0.2, -0.15) is 9.59 Å². The quantitative estimate of drug-likeness (QED) is 0.774. The number of hydrogen-bond acceptors (Lipinski definition) is 4. The van der Waals surface area contributed by atoms with Crippen molar-refractivity contribution in [1.29, 1.82) is 0 Å². The standard InChI is InChI=1S/C11H14N2O.CO2/c1-7-3-4-9(5-12-7)10-6-13-11(14)8(10)2;2-1-3/h3-5,8,10H,6H2,1-2H3,(H,13,14);/t8-,10+;/m0./s1.